The Bertz CT molecular complexity index is 4080. The van der Waals surface area contributed by atoms with Crippen molar-refractivity contribution in [2.24, 2.45) is 56.3 Å². The van der Waals surface area contributed by atoms with E-state index in [0.29, 0.717) is 88.9 Å². The van der Waals surface area contributed by atoms with Crippen molar-refractivity contribution < 1.29 is 116 Å². The normalized spacial score (nSPS) is 21.7. The fourth-order valence-electron chi connectivity index (χ4n) is 15.9. The number of carboxylic acids is 4. The number of phenolic OH excluding ortho intramolecular Hbond substituents is 1. The lowest BCUT2D eigenvalue weighted by Gasteiger charge is -2.33. The molecule has 3 aromatic rings. The maximum absolute atomic E-state index is 14.2. The van der Waals surface area contributed by atoms with Gasteiger partial charge in [-0.15, -0.1) is 0 Å². The molecule has 3 heterocycles. The topological polar surface area (TPSA) is 541 Å². The number of aromatic hydroxyl groups is 1. The summed E-state index contributed by atoms with van der Waals surface area (Å²) in [6.45, 7) is 4.51. The number of fused-ring (bicyclic) bond motifs is 2. The van der Waals surface area contributed by atoms with Gasteiger partial charge in [0.1, 0.15) is 42.0 Å². The molecule has 2 aliphatic carbocycles. The number of hydrogen-bond donors (Lipinski definition) is 12. The zero-order valence-electron chi connectivity index (χ0n) is 71.1. The molecule has 14 N–H and O–H groups in total. The second-order valence-corrected chi connectivity index (χ2v) is 32.1. The number of carbonyl (C=O) groups is 13. The molecule has 0 radical (unpaired) electrons. The number of carbonyl (C=O) groups excluding carboxylic acids is 9. The number of nitrogens with one attached hydrogen (secondary N) is 5. The van der Waals surface area contributed by atoms with Crippen LogP contribution in [0.3, 0.4) is 0 Å². The number of ketones is 3. The molecule has 125 heavy (non-hydrogen) atoms. The predicted molar refractivity (Wildman–Crippen MR) is 455 cm³/mol. The first kappa shape index (κ1) is 99.7. The maximum atomic E-state index is 14.2. The summed E-state index contributed by atoms with van der Waals surface area (Å²) in [4.78, 5) is 178. The van der Waals surface area contributed by atoms with E-state index in [9.17, 15) is 87.9 Å². The van der Waals surface area contributed by atoms with Gasteiger partial charge in [0.15, 0.2) is 11.7 Å². The number of esters is 1. The standard InChI is InChI=1S/C87H124N14O24/c88-86(89)90-32-7-15-70-74(105)29-30-75(106)92-73(51-76(107)108)85(118)95-72(50-58-19-23-63(103)24-20-58)84(117)94-71(83(116)93-70)14-6-2-5-12-62(102)31-44-122-48-46-121-43-9-16-80(115)124-56-59-17-21-61(22-18-59)82-68-28-26-66-65(25-27-67(68)81(96-97-82)60-10-3-1-4-11-60)69(66)57-125-87(119)91-33-45-123-49-47-120-42-8-13-64(104)52-98-34-36-99(53-77(109)110)38-40-101(55-79(113)114)41-39-100(37-35-98)54-78(111)112/h1,3-4,10-11,17-24,65-73,103H,2,5-9,12-16,25-57H2,(H,91,119)(H,92,106)(H,93,116)(H,94,117)(H,95,118)(H,107,108)(H,109,110)(H,111,112)(H,113,114)(H4,88,89,90)/t65-,66+,67?,68?,69-,70-,71?,72+,73-/m0/s1. The molecular formula is C87H124N14O24. The molecule has 2 saturated heterocycles. The monoisotopic (exact) mass is 1750 g/mol. The number of nitrogens with two attached hydrogens (primary N) is 2. The lowest BCUT2D eigenvalue weighted by atomic mass is 9.73. The van der Waals surface area contributed by atoms with Crippen LogP contribution in [-0.2, 0) is 99.0 Å². The average Bonchev–Trinajstić information content (AvgIpc) is 1.62. The Morgan fingerprint density at radius 3 is 1.55 bits per heavy atom. The number of carboxylic acid groups (broad SMARTS) is 4. The van der Waals surface area contributed by atoms with Crippen LogP contribution >= 0.6 is 0 Å². The third-order valence-corrected chi connectivity index (χ3v) is 22.7. The number of nitrogens with zero attached hydrogens (tertiary/aromatic N) is 7. The highest BCUT2D eigenvalue weighted by atomic mass is 16.6. The lowest BCUT2D eigenvalue weighted by Crippen LogP contribution is -2.58. The molecule has 9 atom stereocenters. The highest BCUT2D eigenvalue weighted by Crippen LogP contribution is 2.56. The maximum Gasteiger partial charge on any atom is 0.407 e. The van der Waals surface area contributed by atoms with Crippen LogP contribution in [0.25, 0.3) is 0 Å². The van der Waals surface area contributed by atoms with Crippen molar-refractivity contribution in [1.29, 1.82) is 0 Å². The van der Waals surface area contributed by atoms with Crippen LogP contribution in [0.2, 0.25) is 0 Å². The molecule has 3 aromatic carbocycles. The third kappa shape index (κ3) is 37.5. The smallest absolute Gasteiger partial charge is 0.407 e. The largest absolute Gasteiger partial charge is 0.508 e. The van der Waals surface area contributed by atoms with Crippen molar-refractivity contribution in [1.82, 2.24) is 46.2 Å². The molecule has 0 aromatic heterocycles. The zero-order valence-corrected chi connectivity index (χ0v) is 71.1. The van der Waals surface area contributed by atoms with Gasteiger partial charge >= 0.3 is 35.9 Å². The molecule has 0 bridgehead atoms. The highest BCUT2D eigenvalue weighted by Gasteiger charge is 2.52. The number of benzene rings is 3. The SMILES string of the molecule is NC(N)=NCCC[C@@H]1NC(=O)C(CCCCCC(=O)CCOCCOCCCC(=O)OCc2ccc(C3=NN=C(c4ccccc4)C4CC[C@H]5[C@@H](CCC34)[C@H]5COC(=O)NCCOCCOCCCC(=O)CN3CCN(CC(=O)O)CCN(CC(=O)O)CCN(CC(=O)O)CC3)cc2)NC(=O)[C@@H](Cc2ccc(O)cc2)NC(=O)[C@H](CC(=O)O)NC(=O)CCC1=O. The Hall–Kier alpha value is -10.7. The summed E-state index contributed by atoms with van der Waals surface area (Å²) in [7, 11) is 0. The van der Waals surface area contributed by atoms with Crippen molar-refractivity contribution in [3.8, 4) is 5.75 Å². The summed E-state index contributed by atoms with van der Waals surface area (Å²) < 4.78 is 34.1. The van der Waals surface area contributed by atoms with Gasteiger partial charge in [-0.25, -0.2) is 4.79 Å². The van der Waals surface area contributed by atoms with Gasteiger partial charge in [-0.2, -0.15) is 10.2 Å². The fraction of sp³-hybridized carbons (Fsp3) is 0.609. The molecule has 8 rings (SSSR count). The van der Waals surface area contributed by atoms with E-state index in [1.165, 1.54) is 24.3 Å². The van der Waals surface area contributed by atoms with Crippen LogP contribution in [0.4, 0.5) is 4.79 Å². The van der Waals surface area contributed by atoms with Crippen molar-refractivity contribution in [3.63, 3.8) is 0 Å². The summed E-state index contributed by atoms with van der Waals surface area (Å²) in [5, 5.41) is 70.9. The van der Waals surface area contributed by atoms with E-state index in [2.05, 4.69) is 43.7 Å². The second-order valence-electron chi connectivity index (χ2n) is 32.1. The van der Waals surface area contributed by atoms with Crippen LogP contribution < -0.4 is 38.1 Å². The average molecular weight is 1750 g/mol. The molecule has 5 amide bonds. The van der Waals surface area contributed by atoms with Gasteiger partial charge in [0.25, 0.3) is 0 Å². The quantitative estimate of drug-likeness (QED) is 0.0167. The van der Waals surface area contributed by atoms with E-state index >= 15 is 0 Å². The van der Waals surface area contributed by atoms with Gasteiger partial charge in [0.05, 0.1) is 96.3 Å². The van der Waals surface area contributed by atoms with E-state index in [1.54, 1.807) is 14.7 Å². The molecule has 3 aliphatic heterocycles. The number of alkyl carbamates (subject to hydrolysis) is 1. The van der Waals surface area contributed by atoms with Crippen LogP contribution in [0.15, 0.2) is 94.1 Å². The Labute approximate surface area is 727 Å². The van der Waals surface area contributed by atoms with Gasteiger partial charge in [0.2, 0.25) is 23.6 Å². The van der Waals surface area contributed by atoms with Crippen molar-refractivity contribution >= 4 is 94.3 Å². The summed E-state index contributed by atoms with van der Waals surface area (Å²) in [5.41, 5.74) is 16.1. The van der Waals surface area contributed by atoms with Gasteiger partial charge < -0.3 is 92.0 Å². The molecule has 0 spiro atoms. The number of aliphatic imine (C=N–C) groups is 1. The second kappa shape index (κ2) is 54.2. The number of phenols is 1. The van der Waals surface area contributed by atoms with Gasteiger partial charge in [-0.05, 0) is 116 Å². The van der Waals surface area contributed by atoms with Crippen LogP contribution in [0.5, 0.6) is 5.75 Å². The summed E-state index contributed by atoms with van der Waals surface area (Å²) >= 11 is 0. The number of rotatable bonds is 48. The molecule has 686 valence electrons. The minimum absolute atomic E-state index is 0.0426. The van der Waals surface area contributed by atoms with Crippen molar-refractivity contribution in [2.45, 2.75) is 159 Å². The van der Waals surface area contributed by atoms with E-state index in [1.807, 2.05) is 47.4 Å². The summed E-state index contributed by atoms with van der Waals surface area (Å²) in [6, 6.07) is 18.3. The Balaban J connectivity index is 0.684. The number of guanidine groups is 1. The van der Waals surface area contributed by atoms with E-state index in [0.717, 1.165) is 53.8 Å². The number of amides is 5. The first-order valence-corrected chi connectivity index (χ1v) is 43.3. The number of unbranched alkanes of at least 4 members (excludes halogenated alkanes) is 2. The number of aliphatic carboxylic acids is 4. The van der Waals surface area contributed by atoms with E-state index < -0.39 is 96.4 Å². The summed E-state index contributed by atoms with van der Waals surface area (Å²) in [5.74, 6) is -7.92. The fourth-order valence-corrected chi connectivity index (χ4v) is 15.9. The van der Waals surface area contributed by atoms with Gasteiger partial charge in [0, 0.05) is 135 Å². The van der Waals surface area contributed by atoms with Crippen molar-refractivity contribution in [3.05, 3.63) is 101 Å². The Morgan fingerprint density at radius 2 is 0.976 bits per heavy atom. The van der Waals surface area contributed by atoms with Gasteiger partial charge in [-0.1, -0.05) is 79.6 Å². The molecule has 38 nitrogen and oxygen atoms in total. The minimum Gasteiger partial charge on any atom is -0.508 e. The number of Topliss-reactive ketones (excluding diaryl/α,β-unsaturated/α-hetero) is 3. The van der Waals surface area contributed by atoms with E-state index in [-0.39, 0.29) is 223 Å². The van der Waals surface area contributed by atoms with Crippen LogP contribution in [0.1, 0.15) is 144 Å². The zero-order chi connectivity index (χ0) is 89.8. The predicted octanol–water partition coefficient (Wildman–Crippen LogP) is 2.69. The molecule has 2 saturated carbocycles. The molecule has 5 aliphatic rings. The van der Waals surface area contributed by atoms with E-state index in [4.69, 9.17) is 50.1 Å². The first-order chi connectivity index (χ1) is 60.2. The van der Waals surface area contributed by atoms with Crippen LogP contribution in [0, 0.1) is 29.6 Å². The Morgan fingerprint density at radius 1 is 0.472 bits per heavy atom. The minimum atomic E-state index is -1.63. The first-order valence-electron chi connectivity index (χ1n) is 43.3. The molecule has 38 heteroatoms. The highest BCUT2D eigenvalue weighted by molar-refractivity contribution is 6.11. The summed E-state index contributed by atoms with van der Waals surface area (Å²) in [6.07, 6.45) is 4.46. The van der Waals surface area contributed by atoms with Gasteiger partial charge in [-0.3, -0.25) is 82.1 Å². The Kier molecular flexibility index (Phi) is 43.2. The lowest BCUT2D eigenvalue weighted by molar-refractivity contribution is -0.145. The van der Waals surface area contributed by atoms with Crippen LogP contribution in [-0.4, -0.2) is 315 Å². The number of ether oxygens (including phenoxy) is 6. The van der Waals surface area contributed by atoms with Crippen molar-refractivity contribution in [2.75, 3.05) is 151 Å². The third-order valence-electron chi connectivity index (χ3n) is 22.7. The molecule has 4 fully saturated rings. The molecule has 3 unspecified atom stereocenters. The number of hydrogen-bond acceptors (Lipinski definition) is 27. The molecular weight excluding hydrogens is 1630 g/mol.